The predicted molar refractivity (Wildman–Crippen MR) is 76.6 cm³/mol. The number of aromatic nitrogens is 2. The van der Waals surface area contributed by atoms with Gasteiger partial charge < -0.3 is 0 Å². The average molecular weight is 267 g/mol. The van der Waals surface area contributed by atoms with Crippen LogP contribution < -0.4 is 0 Å². The molecule has 0 atom stereocenters. The highest BCUT2D eigenvalue weighted by atomic mass is 16.1. The standard InChI is InChI=1S/C16H17N3O/c1-13-10-18-19(11-13)15-6-4-14(5-7-15)16(17-12-20)8-2-3-9-16/h4-7,10-11H,2-3,8-9H2,1H3. The number of aliphatic imine (C=N–C) groups is 1. The molecule has 0 N–H and O–H groups in total. The Balaban J connectivity index is 1.94. The zero-order valence-electron chi connectivity index (χ0n) is 11.5. The zero-order valence-corrected chi connectivity index (χ0v) is 11.5. The van der Waals surface area contributed by atoms with Gasteiger partial charge in [0.25, 0.3) is 0 Å². The van der Waals surface area contributed by atoms with Crippen molar-refractivity contribution in [3.8, 4) is 5.69 Å². The Morgan fingerprint density at radius 3 is 2.50 bits per heavy atom. The van der Waals surface area contributed by atoms with E-state index in [1.807, 2.05) is 36.1 Å². The fraction of sp³-hybridized carbons (Fsp3) is 0.375. The summed E-state index contributed by atoms with van der Waals surface area (Å²) < 4.78 is 1.85. The summed E-state index contributed by atoms with van der Waals surface area (Å²) in [6, 6.07) is 8.17. The highest BCUT2D eigenvalue weighted by Gasteiger charge is 2.35. The van der Waals surface area contributed by atoms with Crippen molar-refractivity contribution in [3.05, 3.63) is 47.8 Å². The molecule has 0 bridgehead atoms. The van der Waals surface area contributed by atoms with Crippen LogP contribution in [0.5, 0.6) is 0 Å². The van der Waals surface area contributed by atoms with Gasteiger partial charge in [-0.15, -0.1) is 0 Å². The van der Waals surface area contributed by atoms with Gasteiger partial charge in [0, 0.05) is 6.20 Å². The summed E-state index contributed by atoms with van der Waals surface area (Å²) in [5, 5.41) is 4.30. The van der Waals surface area contributed by atoms with E-state index in [0.717, 1.165) is 42.5 Å². The second-order valence-corrected chi connectivity index (χ2v) is 5.45. The van der Waals surface area contributed by atoms with Crippen molar-refractivity contribution in [1.82, 2.24) is 9.78 Å². The van der Waals surface area contributed by atoms with Crippen molar-refractivity contribution in [2.45, 2.75) is 38.1 Å². The summed E-state index contributed by atoms with van der Waals surface area (Å²) in [7, 11) is 0. The summed E-state index contributed by atoms with van der Waals surface area (Å²) in [6.45, 7) is 2.02. The van der Waals surface area contributed by atoms with Crippen LogP contribution in [-0.4, -0.2) is 15.9 Å². The minimum atomic E-state index is -0.347. The van der Waals surface area contributed by atoms with Gasteiger partial charge in [-0.1, -0.05) is 25.0 Å². The molecule has 0 radical (unpaired) electrons. The number of carbonyl (C=O) groups excluding carboxylic acids is 1. The zero-order chi connectivity index (χ0) is 14.0. The third kappa shape index (κ3) is 2.19. The maximum atomic E-state index is 10.7. The maximum absolute atomic E-state index is 10.7. The minimum Gasteiger partial charge on any atom is -0.241 e. The van der Waals surface area contributed by atoms with E-state index < -0.39 is 0 Å². The second-order valence-electron chi connectivity index (χ2n) is 5.45. The van der Waals surface area contributed by atoms with E-state index in [9.17, 15) is 4.79 Å². The van der Waals surface area contributed by atoms with Crippen molar-refractivity contribution < 1.29 is 4.79 Å². The van der Waals surface area contributed by atoms with Crippen LogP contribution in [0.25, 0.3) is 5.69 Å². The molecule has 1 aliphatic rings. The predicted octanol–water partition coefficient (Wildman–Crippen LogP) is 3.29. The molecule has 4 heteroatoms. The Kier molecular flexibility index (Phi) is 3.25. The number of rotatable bonds is 3. The molecule has 0 aliphatic heterocycles. The fourth-order valence-corrected chi connectivity index (χ4v) is 2.99. The third-order valence-electron chi connectivity index (χ3n) is 4.07. The van der Waals surface area contributed by atoms with E-state index in [1.54, 1.807) is 6.08 Å². The molecule has 0 saturated heterocycles. The average Bonchev–Trinajstić information content (AvgIpc) is 3.10. The SMILES string of the molecule is Cc1cnn(-c2ccc(C3(N=C=O)CCCC3)cc2)c1. The van der Waals surface area contributed by atoms with Gasteiger partial charge in [0.1, 0.15) is 0 Å². The van der Waals surface area contributed by atoms with Crippen molar-refractivity contribution in [2.24, 2.45) is 4.99 Å². The molecule has 1 saturated carbocycles. The van der Waals surface area contributed by atoms with Crippen molar-refractivity contribution in [3.63, 3.8) is 0 Å². The number of isocyanates is 1. The van der Waals surface area contributed by atoms with Crippen LogP contribution in [0.4, 0.5) is 0 Å². The van der Waals surface area contributed by atoms with Crippen LogP contribution >= 0.6 is 0 Å². The molecule has 0 amide bonds. The first-order chi connectivity index (χ1) is 9.73. The fourth-order valence-electron chi connectivity index (χ4n) is 2.99. The lowest BCUT2D eigenvalue weighted by Crippen LogP contribution is -2.18. The van der Waals surface area contributed by atoms with Gasteiger partial charge in [0.2, 0.25) is 6.08 Å². The molecule has 1 fully saturated rings. The van der Waals surface area contributed by atoms with E-state index in [4.69, 9.17) is 0 Å². The van der Waals surface area contributed by atoms with Crippen LogP contribution in [0.2, 0.25) is 0 Å². The lowest BCUT2D eigenvalue weighted by Gasteiger charge is -2.22. The van der Waals surface area contributed by atoms with Crippen molar-refractivity contribution >= 4 is 6.08 Å². The lowest BCUT2D eigenvalue weighted by molar-refractivity contribution is 0.456. The highest BCUT2D eigenvalue weighted by Crippen LogP contribution is 2.42. The largest absolute Gasteiger partial charge is 0.241 e. The van der Waals surface area contributed by atoms with Gasteiger partial charge in [-0.2, -0.15) is 10.1 Å². The first kappa shape index (κ1) is 12.8. The van der Waals surface area contributed by atoms with Crippen molar-refractivity contribution in [2.75, 3.05) is 0 Å². The minimum absolute atomic E-state index is 0.347. The molecule has 0 unspecified atom stereocenters. The van der Waals surface area contributed by atoms with Crippen LogP contribution in [0.1, 0.15) is 36.8 Å². The van der Waals surface area contributed by atoms with Gasteiger partial charge in [-0.25, -0.2) is 9.48 Å². The van der Waals surface area contributed by atoms with Gasteiger partial charge >= 0.3 is 0 Å². The topological polar surface area (TPSA) is 47.2 Å². The van der Waals surface area contributed by atoms with Gasteiger partial charge in [0.05, 0.1) is 17.4 Å². The first-order valence-corrected chi connectivity index (χ1v) is 6.95. The number of hydrogen-bond acceptors (Lipinski definition) is 3. The van der Waals surface area contributed by atoms with Crippen LogP contribution in [0, 0.1) is 6.92 Å². The van der Waals surface area contributed by atoms with E-state index in [0.29, 0.717) is 0 Å². The Hall–Kier alpha value is -2.19. The van der Waals surface area contributed by atoms with Crippen molar-refractivity contribution in [1.29, 1.82) is 0 Å². The molecule has 1 aromatic heterocycles. The number of aryl methyl sites for hydroxylation is 1. The Bertz CT molecular complexity index is 645. The Labute approximate surface area is 118 Å². The number of hydrogen-bond donors (Lipinski definition) is 0. The van der Waals surface area contributed by atoms with E-state index in [2.05, 4.69) is 22.2 Å². The van der Waals surface area contributed by atoms with E-state index >= 15 is 0 Å². The molecule has 20 heavy (non-hydrogen) atoms. The maximum Gasteiger partial charge on any atom is 0.235 e. The smallest absolute Gasteiger partial charge is 0.235 e. The summed E-state index contributed by atoms with van der Waals surface area (Å²) >= 11 is 0. The molecular weight excluding hydrogens is 250 g/mol. The molecular formula is C16H17N3O. The van der Waals surface area contributed by atoms with E-state index in [1.165, 1.54) is 0 Å². The van der Waals surface area contributed by atoms with Crippen LogP contribution in [-0.2, 0) is 10.3 Å². The summed E-state index contributed by atoms with van der Waals surface area (Å²) in [4.78, 5) is 14.8. The molecule has 1 aliphatic carbocycles. The molecule has 2 aromatic rings. The molecule has 0 spiro atoms. The summed E-state index contributed by atoms with van der Waals surface area (Å²) in [5.74, 6) is 0. The lowest BCUT2D eigenvalue weighted by atomic mass is 9.89. The quantitative estimate of drug-likeness (QED) is 0.633. The summed E-state index contributed by atoms with van der Waals surface area (Å²) in [6.07, 6.45) is 9.68. The first-order valence-electron chi connectivity index (χ1n) is 6.95. The molecule has 102 valence electrons. The Morgan fingerprint density at radius 2 is 1.95 bits per heavy atom. The molecule has 4 nitrogen and oxygen atoms in total. The Morgan fingerprint density at radius 1 is 1.25 bits per heavy atom. The highest BCUT2D eigenvalue weighted by molar-refractivity contribution is 5.42. The van der Waals surface area contributed by atoms with Gasteiger partial charge in [-0.3, -0.25) is 0 Å². The normalized spacial score (nSPS) is 16.9. The monoisotopic (exact) mass is 267 g/mol. The van der Waals surface area contributed by atoms with Gasteiger partial charge in [0.15, 0.2) is 0 Å². The van der Waals surface area contributed by atoms with E-state index in [-0.39, 0.29) is 5.54 Å². The third-order valence-corrected chi connectivity index (χ3v) is 4.07. The van der Waals surface area contributed by atoms with Gasteiger partial charge in [-0.05, 0) is 43.0 Å². The number of nitrogens with zero attached hydrogens (tertiary/aromatic N) is 3. The molecule has 1 heterocycles. The number of benzene rings is 1. The second kappa shape index (κ2) is 5.06. The van der Waals surface area contributed by atoms with Crippen LogP contribution in [0.15, 0.2) is 41.7 Å². The molecule has 3 rings (SSSR count). The molecule has 1 aromatic carbocycles. The van der Waals surface area contributed by atoms with Crippen LogP contribution in [0.3, 0.4) is 0 Å². The summed E-state index contributed by atoms with van der Waals surface area (Å²) in [5.41, 5.74) is 2.91.